The van der Waals surface area contributed by atoms with Crippen molar-refractivity contribution in [1.82, 2.24) is 0 Å². The fourth-order valence-corrected chi connectivity index (χ4v) is 3.19. The zero-order valence-corrected chi connectivity index (χ0v) is 11.5. The van der Waals surface area contributed by atoms with Crippen LogP contribution in [0.3, 0.4) is 0 Å². The highest BCUT2D eigenvalue weighted by atomic mass is 16.9. The zero-order chi connectivity index (χ0) is 13.9. The summed E-state index contributed by atoms with van der Waals surface area (Å²) in [5, 5.41) is 12.0. The highest BCUT2D eigenvalue weighted by molar-refractivity contribution is 6.45. The van der Waals surface area contributed by atoms with Crippen LogP contribution in [0.1, 0.15) is 48.9 Å². The van der Waals surface area contributed by atoms with Gasteiger partial charge in [0.2, 0.25) is 0 Å². The Morgan fingerprint density at radius 2 is 1.80 bits per heavy atom. The molecule has 1 aromatic rings. The maximum absolute atomic E-state index is 12.6. The van der Waals surface area contributed by atoms with Gasteiger partial charge in [-0.15, -0.1) is 0 Å². The first-order valence-corrected chi connectivity index (χ1v) is 7.38. The molecule has 2 aliphatic rings. The van der Waals surface area contributed by atoms with Gasteiger partial charge in [0.05, 0.1) is 12.0 Å². The maximum atomic E-state index is 12.6. The first-order valence-electron chi connectivity index (χ1n) is 7.38. The molecular weight excluding hydrogens is 254 g/mol. The van der Waals surface area contributed by atoms with Gasteiger partial charge in [-0.05, 0) is 12.8 Å². The van der Waals surface area contributed by atoms with Crippen LogP contribution >= 0.6 is 0 Å². The van der Waals surface area contributed by atoms with Gasteiger partial charge in [0, 0.05) is 10.5 Å². The van der Waals surface area contributed by atoms with Crippen LogP contribution < -0.4 is 0 Å². The average molecular weight is 273 g/mol. The Hall–Kier alpha value is -1.84. The molecule has 1 heterocycles. The summed E-state index contributed by atoms with van der Waals surface area (Å²) in [6.45, 7) is 0. The smallest absolute Gasteiger partial charge is 0.296 e. The molecule has 1 aromatic carbocycles. The number of carbonyl (C=O) groups is 1. The molecule has 0 bridgehead atoms. The van der Waals surface area contributed by atoms with Crippen molar-refractivity contribution in [3.8, 4) is 0 Å². The molecule has 2 unspecified atom stereocenters. The molecule has 106 valence electrons. The molecule has 0 spiro atoms. The van der Waals surface area contributed by atoms with E-state index in [1.54, 1.807) is 12.1 Å². The van der Waals surface area contributed by atoms with E-state index in [0.29, 0.717) is 16.2 Å². The summed E-state index contributed by atoms with van der Waals surface area (Å²) >= 11 is 0. The molecular formula is C16H19NO3. The summed E-state index contributed by atoms with van der Waals surface area (Å²) in [6, 6.07) is 8.99. The van der Waals surface area contributed by atoms with Crippen LogP contribution in [0, 0.1) is 11.1 Å². The van der Waals surface area contributed by atoms with Gasteiger partial charge in [0.25, 0.3) is 11.5 Å². The van der Waals surface area contributed by atoms with Crippen molar-refractivity contribution in [1.29, 1.82) is 0 Å². The maximum Gasteiger partial charge on any atom is 0.296 e. The topological polar surface area (TPSA) is 52.4 Å². The van der Waals surface area contributed by atoms with E-state index in [2.05, 4.69) is 0 Å². The molecule has 1 fully saturated rings. The van der Waals surface area contributed by atoms with Crippen LogP contribution in [0.15, 0.2) is 30.3 Å². The Labute approximate surface area is 118 Å². The number of hydrogen-bond donors (Lipinski definition) is 0. The van der Waals surface area contributed by atoms with Gasteiger partial charge in [-0.1, -0.05) is 56.0 Å². The number of benzene rings is 1. The first-order chi connectivity index (χ1) is 9.77. The quantitative estimate of drug-likeness (QED) is 0.614. The minimum atomic E-state index is -0.186. The summed E-state index contributed by atoms with van der Waals surface area (Å²) in [4.78, 5) is 18.4. The number of fused-ring (bicyclic) bond motifs is 1. The largest absolute Gasteiger partial charge is 0.399 e. The van der Waals surface area contributed by atoms with Crippen LogP contribution in [0.5, 0.6) is 0 Å². The van der Waals surface area contributed by atoms with Crippen LogP contribution in [-0.4, -0.2) is 22.5 Å². The monoisotopic (exact) mass is 273 g/mol. The molecule has 1 aliphatic heterocycles. The third-order valence-electron chi connectivity index (χ3n) is 4.25. The van der Waals surface area contributed by atoms with Gasteiger partial charge in [-0.3, -0.25) is 10.0 Å². The molecule has 2 atom stereocenters. The van der Waals surface area contributed by atoms with E-state index in [4.69, 9.17) is 4.84 Å². The number of carbonyl (C=O) groups excluding carboxylic acids is 1. The van der Waals surface area contributed by atoms with Crippen molar-refractivity contribution in [3.63, 3.8) is 0 Å². The van der Waals surface area contributed by atoms with Crippen molar-refractivity contribution in [2.75, 3.05) is 0 Å². The molecule has 0 radical (unpaired) electrons. The lowest BCUT2D eigenvalue weighted by atomic mass is 9.83. The van der Waals surface area contributed by atoms with Crippen molar-refractivity contribution in [3.05, 3.63) is 41.1 Å². The second-order valence-corrected chi connectivity index (χ2v) is 5.58. The Balaban J connectivity index is 1.87. The van der Waals surface area contributed by atoms with E-state index in [1.165, 1.54) is 12.8 Å². The molecule has 0 saturated heterocycles. The number of nitrogens with zero attached hydrogens (tertiary/aromatic N) is 1. The fourth-order valence-electron chi connectivity index (χ4n) is 3.19. The Morgan fingerprint density at radius 1 is 1.10 bits per heavy atom. The minimum Gasteiger partial charge on any atom is -0.399 e. The van der Waals surface area contributed by atoms with Gasteiger partial charge >= 0.3 is 0 Å². The van der Waals surface area contributed by atoms with Gasteiger partial charge in [-0.2, -0.15) is 0 Å². The van der Waals surface area contributed by atoms with E-state index >= 15 is 0 Å². The second-order valence-electron chi connectivity index (χ2n) is 5.58. The van der Waals surface area contributed by atoms with Crippen LogP contribution in [-0.2, 0) is 4.84 Å². The van der Waals surface area contributed by atoms with Gasteiger partial charge in [0.15, 0.2) is 0 Å². The molecule has 0 aromatic heterocycles. The Kier molecular flexibility index (Phi) is 3.72. The third-order valence-corrected chi connectivity index (χ3v) is 4.25. The van der Waals surface area contributed by atoms with Crippen molar-refractivity contribution in [2.45, 2.75) is 44.6 Å². The summed E-state index contributed by atoms with van der Waals surface area (Å²) in [7, 11) is 0. The minimum absolute atomic E-state index is 0.0412. The van der Waals surface area contributed by atoms with Crippen LogP contribution in [0.25, 0.3) is 0 Å². The average Bonchev–Trinajstić information content (AvgIpc) is 2.74. The highest BCUT2D eigenvalue weighted by Gasteiger charge is 2.44. The van der Waals surface area contributed by atoms with E-state index in [-0.39, 0.29) is 17.8 Å². The number of rotatable bonds is 2. The number of hydrogen-bond acceptors (Lipinski definition) is 3. The zero-order valence-electron chi connectivity index (χ0n) is 11.5. The van der Waals surface area contributed by atoms with Crippen molar-refractivity contribution in [2.24, 2.45) is 5.92 Å². The van der Waals surface area contributed by atoms with Crippen LogP contribution in [0.4, 0.5) is 0 Å². The van der Waals surface area contributed by atoms with Gasteiger partial charge in [-0.25, -0.2) is 0 Å². The fraction of sp³-hybridized carbons (Fsp3) is 0.500. The first kappa shape index (κ1) is 13.2. The molecule has 0 amide bonds. The Bertz CT molecular complexity index is 524. The molecule has 20 heavy (non-hydrogen) atoms. The van der Waals surface area contributed by atoms with E-state index in [9.17, 15) is 10.0 Å². The third kappa shape index (κ3) is 2.42. The number of Topliss-reactive ketones (excluding diaryl/α,β-unsaturated/α-hetero) is 1. The lowest BCUT2D eigenvalue weighted by Gasteiger charge is -2.21. The standard InChI is InChI=1S/C16H19NO3/c18-16(12-8-4-3-5-9-12)15-13-10-6-1-2-7-11-14(13)20-17(15)19/h3-5,8-9,13-14H,1-2,6-7,10-11H2. The second kappa shape index (κ2) is 5.65. The van der Waals surface area contributed by atoms with Crippen molar-refractivity contribution < 1.29 is 14.5 Å². The van der Waals surface area contributed by atoms with Gasteiger partial charge in [0.1, 0.15) is 0 Å². The molecule has 4 nitrogen and oxygen atoms in total. The highest BCUT2D eigenvalue weighted by Crippen LogP contribution is 2.31. The predicted octanol–water partition coefficient (Wildman–Crippen LogP) is 3.10. The predicted molar refractivity (Wildman–Crippen MR) is 75.5 cm³/mol. The van der Waals surface area contributed by atoms with E-state index < -0.39 is 0 Å². The summed E-state index contributed by atoms with van der Waals surface area (Å²) in [5.74, 6) is -0.228. The van der Waals surface area contributed by atoms with Gasteiger partial charge < -0.3 is 4.84 Å². The summed E-state index contributed by atoms with van der Waals surface area (Å²) in [5.41, 5.74) is 0.859. The molecule has 1 saturated carbocycles. The summed E-state index contributed by atoms with van der Waals surface area (Å²) < 4.78 is 0. The van der Waals surface area contributed by atoms with Crippen molar-refractivity contribution >= 4 is 11.5 Å². The van der Waals surface area contributed by atoms with Crippen LogP contribution in [0.2, 0.25) is 0 Å². The Morgan fingerprint density at radius 3 is 2.55 bits per heavy atom. The SMILES string of the molecule is O=C(C1=[N+]([O-])OC2CCCCCCC12)c1ccccc1. The lowest BCUT2D eigenvalue weighted by molar-refractivity contribution is -0.740. The molecule has 0 N–H and O–H groups in total. The van der Waals surface area contributed by atoms with E-state index in [0.717, 1.165) is 25.7 Å². The molecule has 1 aliphatic carbocycles. The lowest BCUT2D eigenvalue weighted by Crippen LogP contribution is -2.30. The summed E-state index contributed by atoms with van der Waals surface area (Å²) in [6.07, 6.45) is 6.12. The van der Waals surface area contributed by atoms with E-state index in [1.807, 2.05) is 18.2 Å². The number of ketones is 1. The molecule has 4 heteroatoms. The normalized spacial score (nSPS) is 26.4. The molecule has 3 rings (SSSR count).